The van der Waals surface area contributed by atoms with Crippen LogP contribution in [0, 0.1) is 6.92 Å². The minimum atomic E-state index is -1.00. The number of hydrogen-bond acceptors (Lipinski definition) is 3. The maximum absolute atomic E-state index is 11.2. The van der Waals surface area contributed by atoms with Crippen LogP contribution < -0.4 is 0 Å². The fourth-order valence-corrected chi connectivity index (χ4v) is 2.10. The average Bonchev–Trinajstić information content (AvgIpc) is 2.91. The van der Waals surface area contributed by atoms with Crippen molar-refractivity contribution in [1.29, 1.82) is 0 Å². The molecule has 0 bridgehead atoms. The number of fused-ring (bicyclic) bond motifs is 1. The minimum absolute atomic E-state index is 0.155. The van der Waals surface area contributed by atoms with E-state index in [0.717, 1.165) is 16.6 Å². The largest absolute Gasteiger partial charge is 0.477 e. The highest BCUT2D eigenvalue weighted by Crippen LogP contribution is 2.20. The monoisotopic (exact) mass is 256 g/mol. The Morgan fingerprint density at radius 1 is 1.37 bits per heavy atom. The molecule has 3 aromatic rings. The summed E-state index contributed by atoms with van der Waals surface area (Å²) in [5.41, 5.74) is 2.92. The number of carboxylic acid groups (broad SMARTS) is 1. The number of aromatic carboxylic acids is 1. The molecule has 0 saturated heterocycles. The highest BCUT2D eigenvalue weighted by molar-refractivity contribution is 5.92. The SMILES string of the molecule is Cc1ccc2c(c1)ncn2-c1nn(C)cc1C(=O)O. The number of hydrogen-bond donors (Lipinski definition) is 1. The van der Waals surface area contributed by atoms with Crippen molar-refractivity contribution in [2.45, 2.75) is 6.92 Å². The van der Waals surface area contributed by atoms with E-state index in [-0.39, 0.29) is 5.56 Å². The summed E-state index contributed by atoms with van der Waals surface area (Å²) in [4.78, 5) is 15.5. The molecule has 0 saturated carbocycles. The van der Waals surface area contributed by atoms with E-state index in [1.165, 1.54) is 10.9 Å². The van der Waals surface area contributed by atoms with Gasteiger partial charge in [0.2, 0.25) is 0 Å². The van der Waals surface area contributed by atoms with E-state index >= 15 is 0 Å². The standard InChI is InChI=1S/C13H12N4O2/c1-8-3-4-11-10(5-8)14-7-17(11)12-9(13(18)19)6-16(2)15-12/h3-7H,1-2H3,(H,18,19). The van der Waals surface area contributed by atoms with Crippen LogP contribution in [-0.2, 0) is 7.05 Å². The van der Waals surface area contributed by atoms with Crippen LogP contribution in [0.1, 0.15) is 15.9 Å². The minimum Gasteiger partial charge on any atom is -0.477 e. The molecule has 0 unspecified atom stereocenters. The number of carboxylic acids is 1. The molecule has 0 aliphatic heterocycles. The van der Waals surface area contributed by atoms with Crippen LogP contribution in [0.3, 0.4) is 0 Å². The van der Waals surface area contributed by atoms with Crippen LogP contribution in [-0.4, -0.2) is 30.4 Å². The zero-order valence-electron chi connectivity index (χ0n) is 10.5. The number of carbonyl (C=O) groups is 1. The summed E-state index contributed by atoms with van der Waals surface area (Å²) in [6.07, 6.45) is 3.08. The smallest absolute Gasteiger partial charge is 0.341 e. The zero-order chi connectivity index (χ0) is 13.6. The second kappa shape index (κ2) is 3.94. The number of aromatic nitrogens is 4. The van der Waals surface area contributed by atoms with Crippen molar-refractivity contribution < 1.29 is 9.90 Å². The molecule has 0 amide bonds. The van der Waals surface area contributed by atoms with Gasteiger partial charge < -0.3 is 5.11 Å². The second-order valence-corrected chi connectivity index (χ2v) is 4.45. The first-order chi connectivity index (χ1) is 9.06. The number of rotatable bonds is 2. The van der Waals surface area contributed by atoms with Crippen molar-refractivity contribution >= 4 is 17.0 Å². The summed E-state index contributed by atoms with van der Waals surface area (Å²) in [5, 5.41) is 13.4. The van der Waals surface area contributed by atoms with Gasteiger partial charge in [-0.3, -0.25) is 9.25 Å². The van der Waals surface area contributed by atoms with E-state index in [0.29, 0.717) is 5.82 Å². The molecule has 19 heavy (non-hydrogen) atoms. The molecule has 2 heterocycles. The molecule has 96 valence electrons. The topological polar surface area (TPSA) is 72.9 Å². The van der Waals surface area contributed by atoms with Gasteiger partial charge in [-0.1, -0.05) is 6.07 Å². The first-order valence-electron chi connectivity index (χ1n) is 5.77. The van der Waals surface area contributed by atoms with E-state index in [1.807, 2.05) is 25.1 Å². The fourth-order valence-electron chi connectivity index (χ4n) is 2.10. The molecule has 0 spiro atoms. The Labute approximate surface area is 108 Å². The number of benzene rings is 1. The molecule has 0 aliphatic carbocycles. The lowest BCUT2D eigenvalue weighted by atomic mass is 10.2. The van der Waals surface area contributed by atoms with Crippen molar-refractivity contribution in [3.63, 3.8) is 0 Å². The lowest BCUT2D eigenvalue weighted by Crippen LogP contribution is -2.02. The molecular formula is C13H12N4O2. The first kappa shape index (κ1) is 11.5. The maximum Gasteiger partial charge on any atom is 0.341 e. The normalized spacial score (nSPS) is 11.1. The maximum atomic E-state index is 11.2. The van der Waals surface area contributed by atoms with Crippen LogP contribution in [0.2, 0.25) is 0 Å². The van der Waals surface area contributed by atoms with Gasteiger partial charge in [-0.25, -0.2) is 9.78 Å². The summed E-state index contributed by atoms with van der Waals surface area (Å²) in [7, 11) is 1.69. The summed E-state index contributed by atoms with van der Waals surface area (Å²) in [6, 6.07) is 5.83. The van der Waals surface area contributed by atoms with Crippen LogP contribution in [0.25, 0.3) is 16.9 Å². The van der Waals surface area contributed by atoms with Gasteiger partial charge >= 0.3 is 5.97 Å². The first-order valence-corrected chi connectivity index (χ1v) is 5.77. The van der Waals surface area contributed by atoms with Gasteiger partial charge in [0.05, 0.1) is 11.0 Å². The van der Waals surface area contributed by atoms with Gasteiger partial charge in [0, 0.05) is 13.2 Å². The third-order valence-corrected chi connectivity index (χ3v) is 2.97. The van der Waals surface area contributed by atoms with Crippen LogP contribution in [0.15, 0.2) is 30.7 Å². The predicted molar refractivity (Wildman–Crippen MR) is 69.5 cm³/mol. The van der Waals surface area contributed by atoms with Crippen LogP contribution in [0.4, 0.5) is 0 Å². The summed E-state index contributed by atoms with van der Waals surface area (Å²) < 4.78 is 3.18. The number of imidazole rings is 1. The second-order valence-electron chi connectivity index (χ2n) is 4.45. The number of nitrogens with zero attached hydrogens (tertiary/aromatic N) is 4. The summed E-state index contributed by atoms with van der Waals surface area (Å²) in [5.74, 6) is -0.626. The molecule has 1 N–H and O–H groups in total. The van der Waals surface area contributed by atoms with Crippen LogP contribution >= 0.6 is 0 Å². The van der Waals surface area contributed by atoms with Gasteiger partial charge in [0.25, 0.3) is 0 Å². The Bertz CT molecular complexity index is 785. The Balaban J connectivity index is 2.27. The van der Waals surface area contributed by atoms with Gasteiger partial charge in [-0.05, 0) is 24.6 Å². The molecule has 0 fully saturated rings. The van der Waals surface area contributed by atoms with Crippen molar-refractivity contribution in [1.82, 2.24) is 19.3 Å². The quantitative estimate of drug-likeness (QED) is 0.758. The van der Waals surface area contributed by atoms with Crippen molar-refractivity contribution in [2.75, 3.05) is 0 Å². The third-order valence-electron chi connectivity index (χ3n) is 2.97. The summed E-state index contributed by atoms with van der Waals surface area (Å²) >= 11 is 0. The van der Waals surface area contributed by atoms with E-state index in [2.05, 4.69) is 10.1 Å². The zero-order valence-corrected chi connectivity index (χ0v) is 10.5. The van der Waals surface area contributed by atoms with Crippen LogP contribution in [0.5, 0.6) is 0 Å². The molecule has 1 aromatic carbocycles. The lowest BCUT2D eigenvalue weighted by molar-refractivity contribution is 0.0697. The van der Waals surface area contributed by atoms with Crippen molar-refractivity contribution in [3.05, 3.63) is 41.9 Å². The molecule has 6 nitrogen and oxygen atoms in total. The molecule has 0 radical (unpaired) electrons. The number of aryl methyl sites for hydroxylation is 2. The summed E-state index contributed by atoms with van der Waals surface area (Å²) in [6.45, 7) is 1.99. The molecule has 0 atom stereocenters. The fraction of sp³-hybridized carbons (Fsp3) is 0.154. The molecule has 6 heteroatoms. The predicted octanol–water partition coefficient (Wildman–Crippen LogP) is 1.77. The highest BCUT2D eigenvalue weighted by Gasteiger charge is 2.17. The Morgan fingerprint density at radius 3 is 2.89 bits per heavy atom. The molecule has 3 rings (SSSR count). The van der Waals surface area contributed by atoms with Gasteiger partial charge in [0.15, 0.2) is 5.82 Å². The highest BCUT2D eigenvalue weighted by atomic mass is 16.4. The van der Waals surface area contributed by atoms with E-state index < -0.39 is 5.97 Å². The molecule has 2 aromatic heterocycles. The van der Waals surface area contributed by atoms with E-state index in [9.17, 15) is 9.90 Å². The van der Waals surface area contributed by atoms with E-state index in [1.54, 1.807) is 17.9 Å². The van der Waals surface area contributed by atoms with Crippen molar-refractivity contribution in [2.24, 2.45) is 7.05 Å². The third kappa shape index (κ3) is 1.77. The van der Waals surface area contributed by atoms with Gasteiger partial charge in [-0.2, -0.15) is 5.10 Å². The average molecular weight is 256 g/mol. The van der Waals surface area contributed by atoms with Gasteiger partial charge in [0.1, 0.15) is 11.9 Å². The molecular weight excluding hydrogens is 244 g/mol. The molecule has 0 aliphatic rings. The Hall–Kier alpha value is -2.63. The van der Waals surface area contributed by atoms with E-state index in [4.69, 9.17) is 0 Å². The van der Waals surface area contributed by atoms with Crippen molar-refractivity contribution in [3.8, 4) is 5.82 Å². The van der Waals surface area contributed by atoms with Gasteiger partial charge in [-0.15, -0.1) is 0 Å². The lowest BCUT2D eigenvalue weighted by Gasteiger charge is -2.01. The Kier molecular flexibility index (Phi) is 2.38. The Morgan fingerprint density at radius 2 is 2.16 bits per heavy atom.